The molecule has 3 heteroatoms. The molecule has 3 nitrogen and oxygen atoms in total. The van der Waals surface area contributed by atoms with E-state index in [-0.39, 0.29) is 0 Å². The van der Waals surface area contributed by atoms with Gasteiger partial charge in [0.15, 0.2) is 0 Å². The molecule has 1 atom stereocenters. The Morgan fingerprint density at radius 3 is 2.47 bits per heavy atom. The highest BCUT2D eigenvalue weighted by atomic mass is 15.1. The molecule has 2 rings (SSSR count). The lowest BCUT2D eigenvalue weighted by molar-refractivity contribution is 0.231. The molecule has 0 radical (unpaired) electrons. The predicted molar refractivity (Wildman–Crippen MR) is 70.7 cm³/mol. The quantitative estimate of drug-likeness (QED) is 0.841. The summed E-state index contributed by atoms with van der Waals surface area (Å²) in [5, 5.41) is 10.6. The summed E-state index contributed by atoms with van der Waals surface area (Å²) in [6.07, 6.45) is 9.31. The molecule has 1 aromatic rings. The Kier molecular flexibility index (Phi) is 4.21. The minimum atomic E-state index is 0.411. The standard InChI is InChI=1S/C14H25N3/c1-10(2)12-4-6-14(7-5-12)17-11(3)13-8-15-16-9-13/h8-12,14,17H,4-7H2,1-3H3,(H,15,16). The van der Waals surface area contributed by atoms with Crippen molar-refractivity contribution < 1.29 is 0 Å². The van der Waals surface area contributed by atoms with Crippen molar-refractivity contribution in [3.63, 3.8) is 0 Å². The molecule has 0 saturated heterocycles. The Labute approximate surface area is 104 Å². The third kappa shape index (κ3) is 3.32. The molecule has 17 heavy (non-hydrogen) atoms. The van der Waals surface area contributed by atoms with Gasteiger partial charge in [-0.25, -0.2) is 0 Å². The summed E-state index contributed by atoms with van der Waals surface area (Å²) >= 11 is 0. The van der Waals surface area contributed by atoms with E-state index in [4.69, 9.17) is 0 Å². The average Bonchev–Trinajstić information content (AvgIpc) is 2.83. The molecule has 1 saturated carbocycles. The van der Waals surface area contributed by atoms with Crippen molar-refractivity contribution >= 4 is 0 Å². The molecule has 0 aliphatic heterocycles. The van der Waals surface area contributed by atoms with Crippen LogP contribution in [-0.2, 0) is 0 Å². The molecule has 2 N–H and O–H groups in total. The molecule has 0 bridgehead atoms. The molecule has 1 aliphatic carbocycles. The number of aromatic nitrogens is 2. The van der Waals surface area contributed by atoms with E-state index in [0.29, 0.717) is 12.1 Å². The number of rotatable bonds is 4. The monoisotopic (exact) mass is 235 g/mol. The number of nitrogens with zero attached hydrogens (tertiary/aromatic N) is 1. The number of nitrogens with one attached hydrogen (secondary N) is 2. The van der Waals surface area contributed by atoms with Crippen molar-refractivity contribution in [2.24, 2.45) is 11.8 Å². The molecule has 1 unspecified atom stereocenters. The van der Waals surface area contributed by atoms with Crippen LogP contribution in [0.15, 0.2) is 12.4 Å². The zero-order chi connectivity index (χ0) is 12.3. The van der Waals surface area contributed by atoms with E-state index in [9.17, 15) is 0 Å². The Hall–Kier alpha value is -0.830. The minimum absolute atomic E-state index is 0.411. The van der Waals surface area contributed by atoms with Gasteiger partial charge in [0, 0.05) is 23.8 Å². The van der Waals surface area contributed by atoms with Crippen LogP contribution in [0.4, 0.5) is 0 Å². The zero-order valence-electron chi connectivity index (χ0n) is 11.2. The maximum absolute atomic E-state index is 4.01. The normalized spacial score (nSPS) is 27.3. The summed E-state index contributed by atoms with van der Waals surface area (Å²) in [7, 11) is 0. The Morgan fingerprint density at radius 1 is 1.24 bits per heavy atom. The van der Waals surface area contributed by atoms with Crippen LogP contribution in [0.2, 0.25) is 0 Å². The van der Waals surface area contributed by atoms with Gasteiger partial charge in [0.05, 0.1) is 6.20 Å². The van der Waals surface area contributed by atoms with Gasteiger partial charge in [-0.15, -0.1) is 0 Å². The Morgan fingerprint density at radius 2 is 1.94 bits per heavy atom. The SMILES string of the molecule is CC(NC1CCC(C(C)C)CC1)c1cn[nH]c1. The lowest BCUT2D eigenvalue weighted by atomic mass is 9.79. The molecule has 1 aliphatic rings. The molecule has 0 amide bonds. The summed E-state index contributed by atoms with van der Waals surface area (Å²) in [5.74, 6) is 1.79. The summed E-state index contributed by atoms with van der Waals surface area (Å²) in [6.45, 7) is 6.93. The average molecular weight is 235 g/mol. The molecule has 0 spiro atoms. The van der Waals surface area contributed by atoms with E-state index in [0.717, 1.165) is 11.8 Å². The fourth-order valence-electron chi connectivity index (χ4n) is 2.90. The molecule has 1 heterocycles. The van der Waals surface area contributed by atoms with Crippen LogP contribution in [0.5, 0.6) is 0 Å². The number of hydrogen-bond donors (Lipinski definition) is 2. The summed E-state index contributed by atoms with van der Waals surface area (Å²) in [5.41, 5.74) is 1.26. The van der Waals surface area contributed by atoms with Crippen LogP contribution in [0.25, 0.3) is 0 Å². The van der Waals surface area contributed by atoms with Crippen LogP contribution in [0.3, 0.4) is 0 Å². The molecule has 1 fully saturated rings. The maximum Gasteiger partial charge on any atom is 0.0534 e. The highest BCUT2D eigenvalue weighted by Gasteiger charge is 2.24. The fraction of sp³-hybridized carbons (Fsp3) is 0.786. The fourth-order valence-corrected chi connectivity index (χ4v) is 2.90. The van der Waals surface area contributed by atoms with Gasteiger partial charge in [0.1, 0.15) is 0 Å². The van der Waals surface area contributed by atoms with E-state index in [1.165, 1.54) is 31.2 Å². The van der Waals surface area contributed by atoms with E-state index in [1.54, 1.807) is 0 Å². The first-order chi connectivity index (χ1) is 8.16. The third-order valence-electron chi connectivity index (χ3n) is 4.22. The second-order valence-corrected chi connectivity index (χ2v) is 5.78. The van der Waals surface area contributed by atoms with Crippen LogP contribution in [-0.4, -0.2) is 16.2 Å². The Bertz CT molecular complexity index is 310. The third-order valence-corrected chi connectivity index (χ3v) is 4.22. The zero-order valence-corrected chi connectivity index (χ0v) is 11.2. The molecular formula is C14H25N3. The van der Waals surface area contributed by atoms with Crippen molar-refractivity contribution in [2.45, 2.75) is 58.5 Å². The smallest absolute Gasteiger partial charge is 0.0534 e. The van der Waals surface area contributed by atoms with Gasteiger partial charge in [-0.3, -0.25) is 5.10 Å². The van der Waals surface area contributed by atoms with Gasteiger partial charge < -0.3 is 5.32 Å². The predicted octanol–water partition coefficient (Wildman–Crippen LogP) is 3.28. The number of hydrogen-bond acceptors (Lipinski definition) is 2. The van der Waals surface area contributed by atoms with E-state index in [1.807, 2.05) is 12.4 Å². The van der Waals surface area contributed by atoms with Crippen LogP contribution < -0.4 is 5.32 Å². The maximum atomic E-state index is 4.01. The van der Waals surface area contributed by atoms with Crippen LogP contribution >= 0.6 is 0 Å². The lowest BCUT2D eigenvalue weighted by Gasteiger charge is -2.32. The number of H-pyrrole nitrogens is 1. The molecule has 96 valence electrons. The van der Waals surface area contributed by atoms with Gasteiger partial charge in [-0.1, -0.05) is 13.8 Å². The van der Waals surface area contributed by atoms with E-state index < -0.39 is 0 Å². The van der Waals surface area contributed by atoms with E-state index in [2.05, 4.69) is 36.3 Å². The van der Waals surface area contributed by atoms with Gasteiger partial charge in [0.2, 0.25) is 0 Å². The second kappa shape index (κ2) is 5.67. The molecular weight excluding hydrogens is 210 g/mol. The first kappa shape index (κ1) is 12.6. The van der Waals surface area contributed by atoms with Crippen LogP contribution in [0.1, 0.15) is 58.1 Å². The van der Waals surface area contributed by atoms with Crippen molar-refractivity contribution in [3.05, 3.63) is 18.0 Å². The first-order valence-electron chi connectivity index (χ1n) is 6.91. The van der Waals surface area contributed by atoms with Gasteiger partial charge >= 0.3 is 0 Å². The number of aromatic amines is 1. The van der Waals surface area contributed by atoms with Gasteiger partial charge in [-0.2, -0.15) is 5.10 Å². The Balaban J connectivity index is 1.78. The van der Waals surface area contributed by atoms with Crippen LogP contribution in [0, 0.1) is 11.8 Å². The van der Waals surface area contributed by atoms with Crippen molar-refractivity contribution in [3.8, 4) is 0 Å². The summed E-state index contributed by atoms with van der Waals surface area (Å²) < 4.78 is 0. The lowest BCUT2D eigenvalue weighted by Crippen LogP contribution is -2.35. The van der Waals surface area contributed by atoms with Crippen molar-refractivity contribution in [1.29, 1.82) is 0 Å². The van der Waals surface area contributed by atoms with Crippen molar-refractivity contribution in [2.75, 3.05) is 0 Å². The second-order valence-electron chi connectivity index (χ2n) is 5.78. The summed E-state index contributed by atoms with van der Waals surface area (Å²) in [6, 6.07) is 1.10. The topological polar surface area (TPSA) is 40.7 Å². The highest BCUT2D eigenvalue weighted by molar-refractivity contribution is 5.08. The van der Waals surface area contributed by atoms with E-state index >= 15 is 0 Å². The highest BCUT2D eigenvalue weighted by Crippen LogP contribution is 2.30. The van der Waals surface area contributed by atoms with Crippen molar-refractivity contribution in [1.82, 2.24) is 15.5 Å². The minimum Gasteiger partial charge on any atom is -0.307 e. The summed E-state index contributed by atoms with van der Waals surface area (Å²) in [4.78, 5) is 0. The first-order valence-corrected chi connectivity index (χ1v) is 6.91. The molecule has 1 aromatic heterocycles. The van der Waals surface area contributed by atoms with Gasteiger partial charge in [-0.05, 0) is 44.4 Å². The molecule has 0 aromatic carbocycles. The largest absolute Gasteiger partial charge is 0.307 e. The van der Waals surface area contributed by atoms with Gasteiger partial charge in [0.25, 0.3) is 0 Å².